The summed E-state index contributed by atoms with van der Waals surface area (Å²) >= 11 is 0. The molecule has 1 atom stereocenters. The molecule has 2 aliphatic heterocycles. The highest BCUT2D eigenvalue weighted by Gasteiger charge is 2.25. The van der Waals surface area contributed by atoms with Crippen LogP contribution >= 0.6 is 0 Å². The van der Waals surface area contributed by atoms with E-state index in [1.54, 1.807) is 0 Å². The largest absolute Gasteiger partial charge is 0.327 e. The van der Waals surface area contributed by atoms with Gasteiger partial charge in [-0.15, -0.1) is 0 Å². The van der Waals surface area contributed by atoms with Crippen molar-refractivity contribution in [2.75, 3.05) is 46.8 Å². The van der Waals surface area contributed by atoms with Gasteiger partial charge < -0.3 is 14.7 Å². The molecular weight excluding hydrogens is 202 g/mol. The number of amides is 2. The van der Waals surface area contributed by atoms with Crippen LogP contribution in [0.5, 0.6) is 0 Å². The molecule has 2 aliphatic rings. The molecule has 2 rings (SSSR count). The van der Waals surface area contributed by atoms with Crippen molar-refractivity contribution in [3.05, 3.63) is 0 Å². The molecule has 0 aliphatic carbocycles. The fourth-order valence-corrected chi connectivity index (χ4v) is 2.79. The topological polar surface area (TPSA) is 26.8 Å². The van der Waals surface area contributed by atoms with Crippen molar-refractivity contribution in [3.63, 3.8) is 0 Å². The van der Waals surface area contributed by atoms with Gasteiger partial charge in [-0.3, -0.25) is 0 Å². The number of likely N-dealkylation sites (tertiary alicyclic amines) is 2. The highest BCUT2D eigenvalue weighted by molar-refractivity contribution is 5.74. The van der Waals surface area contributed by atoms with Gasteiger partial charge in [-0.1, -0.05) is 0 Å². The average molecular weight is 225 g/mol. The van der Waals surface area contributed by atoms with Crippen molar-refractivity contribution in [3.8, 4) is 0 Å². The van der Waals surface area contributed by atoms with Crippen LogP contribution in [0.15, 0.2) is 0 Å². The first kappa shape index (κ1) is 11.7. The van der Waals surface area contributed by atoms with Crippen LogP contribution in [-0.4, -0.2) is 67.5 Å². The van der Waals surface area contributed by atoms with E-state index >= 15 is 0 Å². The Labute approximate surface area is 98.2 Å². The molecule has 0 aromatic rings. The van der Waals surface area contributed by atoms with E-state index in [0.29, 0.717) is 5.92 Å². The minimum Gasteiger partial charge on any atom is -0.327 e. The Kier molecular flexibility index (Phi) is 3.69. The summed E-state index contributed by atoms with van der Waals surface area (Å²) in [6.07, 6.45) is 3.58. The van der Waals surface area contributed by atoms with Gasteiger partial charge in [0.25, 0.3) is 0 Å². The lowest BCUT2D eigenvalue weighted by molar-refractivity contribution is 0.166. The summed E-state index contributed by atoms with van der Waals surface area (Å²) in [4.78, 5) is 18.3. The number of nitrogens with zero attached hydrogens (tertiary/aromatic N) is 3. The lowest BCUT2D eigenvalue weighted by atomic mass is 10.1. The first-order valence-corrected chi connectivity index (χ1v) is 6.35. The minimum absolute atomic E-state index is 0.229. The Morgan fingerprint density at radius 3 is 2.56 bits per heavy atom. The predicted octanol–water partition coefficient (Wildman–Crippen LogP) is 1.09. The maximum atomic E-state index is 12.1. The van der Waals surface area contributed by atoms with Gasteiger partial charge in [0.15, 0.2) is 0 Å². The van der Waals surface area contributed by atoms with Gasteiger partial charge in [0, 0.05) is 33.2 Å². The van der Waals surface area contributed by atoms with E-state index < -0.39 is 0 Å². The van der Waals surface area contributed by atoms with Gasteiger partial charge in [-0.05, 0) is 38.8 Å². The highest BCUT2D eigenvalue weighted by atomic mass is 16.2. The van der Waals surface area contributed by atoms with Crippen LogP contribution in [0.1, 0.15) is 19.3 Å². The molecule has 0 bridgehead atoms. The molecule has 0 saturated carbocycles. The number of carbonyl (C=O) groups excluding carboxylic acids is 1. The minimum atomic E-state index is 0.229. The Morgan fingerprint density at radius 1 is 1.31 bits per heavy atom. The summed E-state index contributed by atoms with van der Waals surface area (Å²) in [5, 5.41) is 0. The molecule has 4 heteroatoms. The Bertz CT molecular complexity index is 251. The second kappa shape index (κ2) is 5.04. The second-order valence-corrected chi connectivity index (χ2v) is 5.27. The van der Waals surface area contributed by atoms with E-state index in [-0.39, 0.29) is 6.03 Å². The maximum absolute atomic E-state index is 12.1. The zero-order valence-corrected chi connectivity index (χ0v) is 10.5. The number of rotatable bonds is 2. The zero-order chi connectivity index (χ0) is 11.5. The van der Waals surface area contributed by atoms with Gasteiger partial charge in [0.2, 0.25) is 0 Å². The lowest BCUT2D eigenvalue weighted by Crippen LogP contribution is -2.41. The van der Waals surface area contributed by atoms with Gasteiger partial charge >= 0.3 is 6.03 Å². The molecule has 1 unspecified atom stereocenters. The maximum Gasteiger partial charge on any atom is 0.319 e. The lowest BCUT2D eigenvalue weighted by Gasteiger charge is -2.26. The average Bonchev–Trinajstić information content (AvgIpc) is 2.88. The van der Waals surface area contributed by atoms with Gasteiger partial charge in [-0.25, -0.2) is 4.79 Å². The molecule has 16 heavy (non-hydrogen) atoms. The van der Waals surface area contributed by atoms with Crippen molar-refractivity contribution < 1.29 is 4.79 Å². The first-order valence-electron chi connectivity index (χ1n) is 6.35. The van der Waals surface area contributed by atoms with E-state index in [0.717, 1.165) is 26.2 Å². The molecular formula is C12H23N3O. The van der Waals surface area contributed by atoms with Crippen LogP contribution in [0.2, 0.25) is 0 Å². The van der Waals surface area contributed by atoms with Gasteiger partial charge in [0.1, 0.15) is 0 Å². The highest BCUT2D eigenvalue weighted by Crippen LogP contribution is 2.17. The number of urea groups is 1. The zero-order valence-electron chi connectivity index (χ0n) is 10.5. The van der Waals surface area contributed by atoms with Crippen LogP contribution in [0.3, 0.4) is 0 Å². The summed E-state index contributed by atoms with van der Waals surface area (Å²) in [6, 6.07) is 0.229. The molecule has 0 radical (unpaired) electrons. The molecule has 92 valence electrons. The van der Waals surface area contributed by atoms with E-state index in [1.807, 2.05) is 16.8 Å². The molecule has 0 aromatic heterocycles. The third-order valence-corrected chi connectivity index (χ3v) is 3.72. The van der Waals surface area contributed by atoms with E-state index in [2.05, 4.69) is 11.9 Å². The van der Waals surface area contributed by atoms with Crippen molar-refractivity contribution in [1.82, 2.24) is 14.7 Å². The Balaban J connectivity index is 1.78. The number of hydrogen-bond donors (Lipinski definition) is 0. The first-order chi connectivity index (χ1) is 7.66. The number of carbonyl (C=O) groups is 1. The molecule has 0 aromatic carbocycles. The summed E-state index contributed by atoms with van der Waals surface area (Å²) in [5.74, 6) is 0.668. The molecule has 2 fully saturated rings. The monoisotopic (exact) mass is 225 g/mol. The summed E-state index contributed by atoms with van der Waals surface area (Å²) in [6.45, 7) is 5.13. The Hall–Kier alpha value is -0.770. The van der Waals surface area contributed by atoms with E-state index in [1.165, 1.54) is 25.8 Å². The molecule has 2 amide bonds. The van der Waals surface area contributed by atoms with Crippen LogP contribution < -0.4 is 0 Å². The molecule has 2 heterocycles. The predicted molar refractivity (Wildman–Crippen MR) is 64.4 cm³/mol. The van der Waals surface area contributed by atoms with Crippen molar-refractivity contribution in [2.45, 2.75) is 19.3 Å². The van der Waals surface area contributed by atoms with Crippen LogP contribution in [0.25, 0.3) is 0 Å². The van der Waals surface area contributed by atoms with Crippen LogP contribution in [0.4, 0.5) is 4.79 Å². The quantitative estimate of drug-likeness (QED) is 0.703. The third kappa shape index (κ3) is 2.67. The summed E-state index contributed by atoms with van der Waals surface area (Å²) in [7, 11) is 4.10. The molecule has 0 N–H and O–H groups in total. The molecule has 0 spiro atoms. The van der Waals surface area contributed by atoms with Gasteiger partial charge in [0.05, 0.1) is 0 Å². The fourth-order valence-electron chi connectivity index (χ4n) is 2.79. The van der Waals surface area contributed by atoms with Crippen LogP contribution in [-0.2, 0) is 0 Å². The smallest absolute Gasteiger partial charge is 0.319 e. The van der Waals surface area contributed by atoms with E-state index in [9.17, 15) is 4.79 Å². The molecule has 2 saturated heterocycles. The van der Waals surface area contributed by atoms with Crippen molar-refractivity contribution in [2.24, 2.45) is 5.92 Å². The summed E-state index contributed by atoms with van der Waals surface area (Å²) in [5.41, 5.74) is 0. The molecule has 4 nitrogen and oxygen atoms in total. The Morgan fingerprint density at radius 2 is 2.00 bits per heavy atom. The number of hydrogen-bond acceptors (Lipinski definition) is 2. The van der Waals surface area contributed by atoms with Crippen LogP contribution in [0, 0.1) is 5.92 Å². The third-order valence-electron chi connectivity index (χ3n) is 3.72. The SMILES string of the molecule is CN1CCC(CN(C)C(=O)N2CCCC2)C1. The standard InChI is InChI=1S/C12H23N3O/c1-13-8-5-11(9-13)10-14(2)12(16)15-6-3-4-7-15/h11H,3-10H2,1-2H3. The fraction of sp³-hybridized carbons (Fsp3) is 0.917. The normalized spacial score (nSPS) is 26.4. The summed E-state index contributed by atoms with van der Waals surface area (Å²) < 4.78 is 0. The van der Waals surface area contributed by atoms with Crippen molar-refractivity contribution in [1.29, 1.82) is 0 Å². The van der Waals surface area contributed by atoms with Gasteiger partial charge in [-0.2, -0.15) is 0 Å². The van der Waals surface area contributed by atoms with E-state index in [4.69, 9.17) is 0 Å². The van der Waals surface area contributed by atoms with Crippen molar-refractivity contribution >= 4 is 6.03 Å². The second-order valence-electron chi connectivity index (χ2n) is 5.27.